The van der Waals surface area contributed by atoms with Gasteiger partial charge in [0, 0.05) is 23.5 Å². The maximum Gasteiger partial charge on any atom is 0.118 e. The van der Waals surface area contributed by atoms with Crippen LogP contribution in [0.3, 0.4) is 0 Å². The molecule has 0 unspecified atom stereocenters. The van der Waals surface area contributed by atoms with Gasteiger partial charge in [-0.25, -0.2) is 4.68 Å². The first-order chi connectivity index (χ1) is 14.9. The third-order valence-electron chi connectivity index (χ3n) is 5.21. The van der Waals surface area contributed by atoms with Crippen LogP contribution in [0.5, 0.6) is 5.75 Å². The number of ether oxygens (including phenoxy) is 1. The first kappa shape index (κ1) is 20.6. The van der Waals surface area contributed by atoms with Crippen molar-refractivity contribution in [3.8, 4) is 22.7 Å². The highest BCUT2D eigenvalue weighted by molar-refractivity contribution is 5.90. The van der Waals surface area contributed by atoms with Crippen LogP contribution >= 0.6 is 0 Å². The average molecular weight is 410 g/mol. The number of aromatic nitrogens is 2. The first-order valence-electron chi connectivity index (χ1n) is 10.4. The summed E-state index contributed by atoms with van der Waals surface area (Å²) in [5.41, 5.74) is 6.19. The van der Waals surface area contributed by atoms with E-state index in [4.69, 9.17) is 14.8 Å². The predicted octanol–water partition coefficient (Wildman–Crippen LogP) is 6.60. The summed E-state index contributed by atoms with van der Waals surface area (Å²) in [5.74, 6) is 0.820. The molecule has 0 atom stereocenters. The van der Waals surface area contributed by atoms with Gasteiger partial charge in [-0.1, -0.05) is 51.1 Å². The van der Waals surface area contributed by atoms with Gasteiger partial charge in [-0.3, -0.25) is 4.99 Å². The summed E-state index contributed by atoms with van der Waals surface area (Å²) < 4.78 is 7.19. The molecule has 4 rings (SSSR count). The van der Waals surface area contributed by atoms with E-state index in [1.54, 1.807) is 7.11 Å². The van der Waals surface area contributed by atoms with Gasteiger partial charge < -0.3 is 4.74 Å². The van der Waals surface area contributed by atoms with Gasteiger partial charge in [0.2, 0.25) is 0 Å². The largest absolute Gasteiger partial charge is 0.497 e. The van der Waals surface area contributed by atoms with Crippen molar-refractivity contribution in [3.05, 3.63) is 96.2 Å². The van der Waals surface area contributed by atoms with E-state index >= 15 is 0 Å². The van der Waals surface area contributed by atoms with Crippen LogP contribution in [-0.4, -0.2) is 23.1 Å². The normalized spacial score (nSPS) is 11.7. The molecule has 0 aliphatic rings. The van der Waals surface area contributed by atoms with Crippen LogP contribution in [0.2, 0.25) is 0 Å². The Bertz CT molecular complexity index is 1170. The second-order valence-electron chi connectivity index (χ2n) is 8.50. The summed E-state index contributed by atoms with van der Waals surface area (Å²) >= 11 is 0. The van der Waals surface area contributed by atoms with Crippen LogP contribution < -0.4 is 4.74 Å². The SMILES string of the molecule is COc1ccc(-c2nn(-c3ccccc3)cc2C=Nc2ccc(C(C)(C)C)cc2)cc1. The summed E-state index contributed by atoms with van der Waals surface area (Å²) in [5, 5.41) is 4.85. The van der Waals surface area contributed by atoms with E-state index in [1.807, 2.05) is 71.7 Å². The lowest BCUT2D eigenvalue weighted by Gasteiger charge is -2.18. The van der Waals surface area contributed by atoms with Crippen molar-refractivity contribution in [2.24, 2.45) is 4.99 Å². The minimum absolute atomic E-state index is 0.126. The van der Waals surface area contributed by atoms with E-state index in [-0.39, 0.29) is 5.41 Å². The van der Waals surface area contributed by atoms with Crippen LogP contribution in [0, 0.1) is 0 Å². The zero-order valence-corrected chi connectivity index (χ0v) is 18.4. The number of nitrogens with zero attached hydrogens (tertiary/aromatic N) is 3. The van der Waals surface area contributed by atoms with Crippen molar-refractivity contribution in [2.75, 3.05) is 7.11 Å². The molecule has 0 fully saturated rings. The highest BCUT2D eigenvalue weighted by Crippen LogP contribution is 2.27. The molecule has 0 aliphatic heterocycles. The minimum Gasteiger partial charge on any atom is -0.497 e. The molecule has 1 heterocycles. The number of hydrogen-bond acceptors (Lipinski definition) is 3. The zero-order chi connectivity index (χ0) is 21.8. The molecule has 0 saturated heterocycles. The number of methoxy groups -OCH3 is 1. The molecule has 4 heteroatoms. The van der Waals surface area contributed by atoms with E-state index in [1.165, 1.54) is 5.56 Å². The maximum atomic E-state index is 5.30. The zero-order valence-electron chi connectivity index (χ0n) is 18.4. The molecule has 4 nitrogen and oxygen atoms in total. The molecule has 0 N–H and O–H groups in total. The fourth-order valence-corrected chi connectivity index (χ4v) is 3.36. The van der Waals surface area contributed by atoms with Crippen molar-refractivity contribution < 1.29 is 4.74 Å². The van der Waals surface area contributed by atoms with Crippen LogP contribution in [0.4, 0.5) is 5.69 Å². The van der Waals surface area contributed by atoms with Gasteiger partial charge >= 0.3 is 0 Å². The molecule has 0 bridgehead atoms. The number of para-hydroxylation sites is 1. The molecule has 0 saturated carbocycles. The molecule has 4 aromatic rings. The van der Waals surface area contributed by atoms with Crippen LogP contribution in [-0.2, 0) is 5.41 Å². The Kier molecular flexibility index (Phi) is 5.72. The van der Waals surface area contributed by atoms with E-state index < -0.39 is 0 Å². The van der Waals surface area contributed by atoms with Crippen molar-refractivity contribution in [1.29, 1.82) is 0 Å². The molecule has 3 aromatic carbocycles. The highest BCUT2D eigenvalue weighted by atomic mass is 16.5. The Morgan fingerprint density at radius 1 is 0.871 bits per heavy atom. The Hall–Kier alpha value is -3.66. The lowest BCUT2D eigenvalue weighted by atomic mass is 9.87. The number of rotatable bonds is 5. The minimum atomic E-state index is 0.126. The number of benzene rings is 3. The first-order valence-corrected chi connectivity index (χ1v) is 10.4. The predicted molar refractivity (Wildman–Crippen MR) is 128 cm³/mol. The monoisotopic (exact) mass is 409 g/mol. The molecule has 1 aromatic heterocycles. The molecular weight excluding hydrogens is 382 g/mol. The van der Waals surface area contributed by atoms with Crippen molar-refractivity contribution in [3.63, 3.8) is 0 Å². The van der Waals surface area contributed by atoms with E-state index in [2.05, 4.69) is 45.0 Å². The smallest absolute Gasteiger partial charge is 0.118 e. The Morgan fingerprint density at radius 3 is 2.16 bits per heavy atom. The van der Waals surface area contributed by atoms with Crippen LogP contribution in [0.1, 0.15) is 31.9 Å². The lowest BCUT2D eigenvalue weighted by Crippen LogP contribution is -2.10. The molecule has 31 heavy (non-hydrogen) atoms. The van der Waals surface area contributed by atoms with Gasteiger partial charge in [0.05, 0.1) is 18.5 Å². The third kappa shape index (κ3) is 4.75. The van der Waals surface area contributed by atoms with Crippen LogP contribution in [0.25, 0.3) is 16.9 Å². The Labute approximate surface area is 183 Å². The second-order valence-corrected chi connectivity index (χ2v) is 8.50. The third-order valence-corrected chi connectivity index (χ3v) is 5.21. The van der Waals surface area contributed by atoms with Crippen molar-refractivity contribution >= 4 is 11.9 Å². The fraction of sp³-hybridized carbons (Fsp3) is 0.185. The van der Waals surface area contributed by atoms with Gasteiger partial charge in [0.15, 0.2) is 0 Å². The molecule has 0 spiro atoms. The molecular formula is C27H27N3O. The van der Waals surface area contributed by atoms with Gasteiger partial charge in [0.25, 0.3) is 0 Å². The lowest BCUT2D eigenvalue weighted by molar-refractivity contribution is 0.415. The summed E-state index contributed by atoms with van der Waals surface area (Å²) in [4.78, 5) is 4.72. The maximum absolute atomic E-state index is 5.30. The van der Waals surface area contributed by atoms with Gasteiger partial charge in [-0.15, -0.1) is 0 Å². The van der Waals surface area contributed by atoms with Crippen molar-refractivity contribution in [2.45, 2.75) is 26.2 Å². The van der Waals surface area contributed by atoms with Crippen molar-refractivity contribution in [1.82, 2.24) is 9.78 Å². The Balaban J connectivity index is 1.71. The summed E-state index contributed by atoms with van der Waals surface area (Å²) in [6.07, 6.45) is 3.90. The molecule has 0 amide bonds. The van der Waals surface area contributed by atoms with Crippen LogP contribution in [0.15, 0.2) is 90.1 Å². The molecule has 0 radical (unpaired) electrons. The standard InChI is InChI=1S/C27H27N3O/c1-27(2,3)22-12-14-23(15-13-22)28-18-21-19-30(24-8-6-5-7-9-24)29-26(21)20-10-16-25(31-4)17-11-20/h5-19H,1-4H3. The fourth-order valence-electron chi connectivity index (χ4n) is 3.36. The summed E-state index contributed by atoms with van der Waals surface area (Å²) in [6.45, 7) is 6.64. The quantitative estimate of drug-likeness (QED) is 0.349. The highest BCUT2D eigenvalue weighted by Gasteiger charge is 2.13. The molecule has 156 valence electrons. The average Bonchev–Trinajstić information content (AvgIpc) is 3.22. The summed E-state index contributed by atoms with van der Waals surface area (Å²) in [6, 6.07) is 26.4. The second kappa shape index (κ2) is 8.60. The Morgan fingerprint density at radius 2 is 1.55 bits per heavy atom. The van der Waals surface area contributed by atoms with E-state index in [0.717, 1.165) is 33.9 Å². The van der Waals surface area contributed by atoms with Gasteiger partial charge in [0.1, 0.15) is 11.4 Å². The number of aliphatic imine (C=N–C) groups is 1. The topological polar surface area (TPSA) is 39.4 Å². The number of hydrogen-bond donors (Lipinski definition) is 0. The van der Waals surface area contributed by atoms with E-state index in [0.29, 0.717) is 0 Å². The van der Waals surface area contributed by atoms with Gasteiger partial charge in [-0.05, 0) is 59.5 Å². The molecule has 0 aliphatic carbocycles. The van der Waals surface area contributed by atoms with E-state index in [9.17, 15) is 0 Å². The van der Waals surface area contributed by atoms with Gasteiger partial charge in [-0.2, -0.15) is 5.10 Å². The summed E-state index contributed by atoms with van der Waals surface area (Å²) in [7, 11) is 1.67.